The predicted octanol–water partition coefficient (Wildman–Crippen LogP) is 18.2. The molecule has 14 rings (SSSR count). The van der Waals surface area contributed by atoms with Gasteiger partial charge in [0.1, 0.15) is 22.3 Å². The minimum atomic E-state index is 0.875. The van der Waals surface area contributed by atoms with E-state index < -0.39 is 0 Å². The number of benzene rings is 11. The van der Waals surface area contributed by atoms with Crippen molar-refractivity contribution in [2.24, 2.45) is 0 Å². The molecular formula is C64H40N2O2. The van der Waals surface area contributed by atoms with Gasteiger partial charge in [0.25, 0.3) is 0 Å². The molecule has 0 bridgehead atoms. The van der Waals surface area contributed by atoms with Crippen LogP contribution in [0.15, 0.2) is 251 Å². The molecule has 0 saturated carbocycles. The number of para-hydroxylation sites is 5. The zero-order valence-electron chi connectivity index (χ0n) is 36.8. The van der Waals surface area contributed by atoms with Crippen LogP contribution in [0.25, 0.3) is 116 Å². The minimum absolute atomic E-state index is 0.875. The molecule has 0 saturated heterocycles. The van der Waals surface area contributed by atoms with E-state index in [1.54, 1.807) is 0 Å². The summed E-state index contributed by atoms with van der Waals surface area (Å²) in [5.74, 6) is 0. The van der Waals surface area contributed by atoms with Crippen LogP contribution in [0.1, 0.15) is 0 Å². The molecule has 0 aliphatic heterocycles. The Balaban J connectivity index is 0.912. The number of nitrogens with zero attached hydrogens (tertiary/aromatic N) is 2. The van der Waals surface area contributed by atoms with Crippen molar-refractivity contribution in [1.82, 2.24) is 4.57 Å². The second-order valence-corrected chi connectivity index (χ2v) is 17.6. The van der Waals surface area contributed by atoms with Crippen LogP contribution in [0.3, 0.4) is 0 Å². The van der Waals surface area contributed by atoms with Crippen LogP contribution in [0.4, 0.5) is 17.1 Å². The van der Waals surface area contributed by atoms with Gasteiger partial charge < -0.3 is 18.3 Å². The highest BCUT2D eigenvalue weighted by atomic mass is 16.3. The van der Waals surface area contributed by atoms with Crippen molar-refractivity contribution in [3.05, 3.63) is 243 Å². The van der Waals surface area contributed by atoms with E-state index in [-0.39, 0.29) is 0 Å². The normalized spacial score (nSPS) is 11.8. The number of hydrogen-bond donors (Lipinski definition) is 0. The van der Waals surface area contributed by atoms with Crippen LogP contribution < -0.4 is 4.90 Å². The highest BCUT2D eigenvalue weighted by Gasteiger charge is 2.22. The summed E-state index contributed by atoms with van der Waals surface area (Å²) in [6, 6.07) is 86.9. The van der Waals surface area contributed by atoms with Crippen LogP contribution in [0, 0.1) is 0 Å². The molecule has 14 aromatic rings. The van der Waals surface area contributed by atoms with E-state index in [1.165, 1.54) is 27.2 Å². The third-order valence-electron chi connectivity index (χ3n) is 13.8. The third-order valence-corrected chi connectivity index (χ3v) is 13.8. The third kappa shape index (κ3) is 6.01. The molecular weight excluding hydrogens is 829 g/mol. The monoisotopic (exact) mass is 868 g/mol. The molecule has 4 heteroatoms. The number of furan rings is 2. The Kier molecular flexibility index (Phi) is 8.55. The van der Waals surface area contributed by atoms with E-state index in [0.717, 1.165) is 105 Å². The van der Waals surface area contributed by atoms with Crippen LogP contribution in [0.2, 0.25) is 0 Å². The van der Waals surface area contributed by atoms with Crippen LogP contribution >= 0.6 is 0 Å². The fraction of sp³-hybridized carbons (Fsp3) is 0. The number of fused-ring (bicyclic) bond motifs is 10. The summed E-state index contributed by atoms with van der Waals surface area (Å²) in [6.45, 7) is 0. The maximum Gasteiger partial charge on any atom is 0.143 e. The Labute approximate surface area is 391 Å². The predicted molar refractivity (Wildman–Crippen MR) is 284 cm³/mol. The van der Waals surface area contributed by atoms with E-state index in [4.69, 9.17) is 8.83 Å². The van der Waals surface area contributed by atoms with Gasteiger partial charge in [-0.15, -0.1) is 0 Å². The van der Waals surface area contributed by atoms with Crippen molar-refractivity contribution in [1.29, 1.82) is 0 Å². The summed E-state index contributed by atoms with van der Waals surface area (Å²) in [4.78, 5) is 2.38. The van der Waals surface area contributed by atoms with Gasteiger partial charge in [0.2, 0.25) is 0 Å². The number of aromatic nitrogens is 1. The summed E-state index contributed by atoms with van der Waals surface area (Å²) >= 11 is 0. The van der Waals surface area contributed by atoms with Gasteiger partial charge in [0, 0.05) is 60.5 Å². The van der Waals surface area contributed by atoms with Crippen LogP contribution in [-0.2, 0) is 0 Å². The average molecular weight is 869 g/mol. The van der Waals surface area contributed by atoms with Crippen molar-refractivity contribution in [3.8, 4) is 39.1 Å². The maximum absolute atomic E-state index is 6.84. The molecule has 0 N–H and O–H groups in total. The Hall–Kier alpha value is -9.12. The van der Waals surface area contributed by atoms with Gasteiger partial charge in [-0.2, -0.15) is 0 Å². The summed E-state index contributed by atoms with van der Waals surface area (Å²) in [5, 5.41) is 9.32. The molecule has 0 aliphatic carbocycles. The van der Waals surface area contributed by atoms with E-state index in [2.05, 4.69) is 240 Å². The highest BCUT2D eigenvalue weighted by Crippen LogP contribution is 2.46. The first kappa shape index (κ1) is 38.2. The van der Waals surface area contributed by atoms with Gasteiger partial charge in [-0.25, -0.2) is 0 Å². The summed E-state index contributed by atoms with van der Waals surface area (Å²) in [7, 11) is 0. The Morgan fingerprint density at radius 3 is 1.68 bits per heavy atom. The Bertz CT molecular complexity index is 4210. The molecule has 318 valence electrons. The molecule has 3 aromatic heterocycles. The van der Waals surface area contributed by atoms with Gasteiger partial charge in [-0.3, -0.25) is 0 Å². The second kappa shape index (κ2) is 15.2. The molecule has 0 aliphatic rings. The van der Waals surface area contributed by atoms with Crippen molar-refractivity contribution >= 4 is 93.5 Å². The van der Waals surface area contributed by atoms with Crippen LogP contribution in [0.5, 0.6) is 0 Å². The molecule has 0 atom stereocenters. The molecule has 68 heavy (non-hydrogen) atoms. The lowest BCUT2D eigenvalue weighted by atomic mass is 9.97. The van der Waals surface area contributed by atoms with Gasteiger partial charge >= 0.3 is 0 Å². The Morgan fingerprint density at radius 2 is 0.897 bits per heavy atom. The molecule has 0 spiro atoms. The van der Waals surface area contributed by atoms with E-state index >= 15 is 0 Å². The van der Waals surface area contributed by atoms with Gasteiger partial charge in [-0.05, 0) is 112 Å². The Morgan fingerprint density at radius 1 is 0.324 bits per heavy atom. The minimum Gasteiger partial charge on any atom is -0.456 e. The second-order valence-electron chi connectivity index (χ2n) is 17.6. The first-order valence-corrected chi connectivity index (χ1v) is 23.2. The summed E-state index contributed by atoms with van der Waals surface area (Å²) in [5.41, 5.74) is 16.8. The lowest BCUT2D eigenvalue weighted by Crippen LogP contribution is -2.11. The van der Waals surface area contributed by atoms with Crippen molar-refractivity contribution in [2.75, 3.05) is 4.90 Å². The highest BCUT2D eigenvalue weighted by molar-refractivity contribution is 6.15. The number of rotatable bonds is 7. The largest absolute Gasteiger partial charge is 0.456 e. The molecule has 4 nitrogen and oxygen atoms in total. The molecule has 11 aromatic carbocycles. The molecule has 0 unspecified atom stereocenters. The average Bonchev–Trinajstić information content (AvgIpc) is 4.08. The smallest absolute Gasteiger partial charge is 0.143 e. The summed E-state index contributed by atoms with van der Waals surface area (Å²) in [6.07, 6.45) is 0. The van der Waals surface area contributed by atoms with E-state index in [0.29, 0.717) is 0 Å². The van der Waals surface area contributed by atoms with Crippen molar-refractivity contribution in [3.63, 3.8) is 0 Å². The van der Waals surface area contributed by atoms with E-state index in [9.17, 15) is 0 Å². The molecule has 0 fully saturated rings. The lowest BCUT2D eigenvalue weighted by Gasteiger charge is -2.28. The van der Waals surface area contributed by atoms with E-state index in [1.807, 2.05) is 12.1 Å². The van der Waals surface area contributed by atoms with Gasteiger partial charge in [0.05, 0.1) is 16.7 Å². The zero-order chi connectivity index (χ0) is 44.7. The first-order valence-electron chi connectivity index (χ1n) is 23.2. The molecule has 0 amide bonds. The molecule has 3 heterocycles. The topological polar surface area (TPSA) is 34.5 Å². The quantitative estimate of drug-likeness (QED) is 0.160. The number of anilines is 3. The zero-order valence-corrected chi connectivity index (χ0v) is 36.8. The maximum atomic E-state index is 6.84. The summed E-state index contributed by atoms with van der Waals surface area (Å²) < 4.78 is 15.5. The fourth-order valence-corrected chi connectivity index (χ4v) is 10.7. The fourth-order valence-electron chi connectivity index (χ4n) is 10.7. The lowest BCUT2D eigenvalue weighted by molar-refractivity contribution is 0.669. The van der Waals surface area contributed by atoms with Crippen LogP contribution in [-0.4, -0.2) is 4.57 Å². The van der Waals surface area contributed by atoms with Crippen molar-refractivity contribution < 1.29 is 8.83 Å². The standard InChI is InChI=1S/C64H40N2O2/c1-2-15-45-40-62-56(39-44(45)14-1)54-24-12-23-53(64(54)68-62)52-20-5-7-25-57(52)65(47-36-32-42(33-37-47)49-22-13-29-61-63(49)55-21-6-10-28-60(55)67-61)46-34-30-41(31-35-46)43-16-11-17-48(38-43)66-58-26-8-3-18-50(58)51-19-4-9-27-59(51)66/h1-40H. The van der Waals surface area contributed by atoms with Gasteiger partial charge in [-0.1, -0.05) is 164 Å². The first-order chi connectivity index (χ1) is 33.7. The molecule has 0 radical (unpaired) electrons. The van der Waals surface area contributed by atoms with Crippen molar-refractivity contribution in [2.45, 2.75) is 0 Å². The SMILES string of the molecule is c1cc(-c2ccc(N(c3ccc(-c4cccc5oc6ccccc6c45)cc3)c3ccccc3-c3cccc4c3oc3cc5ccccc5cc34)cc2)cc(-n2c3ccccc3c3ccccc32)c1. The number of hydrogen-bond acceptors (Lipinski definition) is 3. The van der Waals surface area contributed by atoms with Gasteiger partial charge in [0.15, 0.2) is 0 Å².